The molecule has 1 aliphatic rings. The first-order valence-corrected chi connectivity index (χ1v) is 11.5. The van der Waals surface area contributed by atoms with Gasteiger partial charge in [-0.05, 0) is 68.8 Å². The molecule has 2 aromatic rings. The summed E-state index contributed by atoms with van der Waals surface area (Å²) in [6.07, 6.45) is 3.91. The average molecular weight is 472 g/mol. The summed E-state index contributed by atoms with van der Waals surface area (Å²) in [6.45, 7) is 4.98. The molecular weight excluding hydrogens is 441 g/mol. The molecule has 7 nitrogen and oxygen atoms in total. The van der Waals surface area contributed by atoms with E-state index in [0.29, 0.717) is 27.8 Å². The van der Waals surface area contributed by atoms with E-state index in [2.05, 4.69) is 17.4 Å². The minimum atomic E-state index is -0.926. The Kier molecular flexibility index (Phi) is 9.44. The molecule has 3 rings (SSSR count). The molecule has 9 heteroatoms. The normalized spacial score (nSPS) is 17.7. The summed E-state index contributed by atoms with van der Waals surface area (Å²) in [4.78, 5) is 13.0. The zero-order valence-corrected chi connectivity index (χ0v) is 19.3. The molecule has 2 heterocycles. The highest BCUT2D eigenvalue weighted by Crippen LogP contribution is 2.23. The fraction of sp³-hybridized carbons (Fsp3) is 0.591. The highest BCUT2D eigenvalue weighted by Gasteiger charge is 2.24. The van der Waals surface area contributed by atoms with Crippen LogP contribution >= 0.6 is 23.2 Å². The summed E-state index contributed by atoms with van der Waals surface area (Å²) in [7, 11) is 0. The van der Waals surface area contributed by atoms with Gasteiger partial charge in [0.15, 0.2) is 0 Å². The van der Waals surface area contributed by atoms with Crippen LogP contribution in [0.1, 0.15) is 43.9 Å². The van der Waals surface area contributed by atoms with Crippen molar-refractivity contribution in [2.75, 3.05) is 19.6 Å². The minimum Gasteiger partial charge on any atom is -0.384 e. The van der Waals surface area contributed by atoms with E-state index in [1.807, 2.05) is 4.90 Å². The zero-order chi connectivity index (χ0) is 22.2. The van der Waals surface area contributed by atoms with Gasteiger partial charge in [-0.15, -0.1) is 0 Å². The second-order valence-corrected chi connectivity index (χ2v) is 9.13. The van der Waals surface area contributed by atoms with Crippen molar-refractivity contribution in [2.24, 2.45) is 5.92 Å². The maximum absolute atomic E-state index is 11.1. The molecule has 0 aliphatic carbocycles. The summed E-state index contributed by atoms with van der Waals surface area (Å²) in [5, 5.41) is 17.3. The van der Waals surface area contributed by atoms with Crippen LogP contribution in [0.5, 0.6) is 0 Å². The summed E-state index contributed by atoms with van der Waals surface area (Å²) in [5.74, 6) is 1.34. The molecule has 2 unspecified atom stereocenters. The molecule has 0 saturated carbocycles. The molecule has 0 radical (unpaired) electrons. The zero-order valence-electron chi connectivity index (χ0n) is 17.8. The summed E-state index contributed by atoms with van der Waals surface area (Å²) >= 11 is 12.0. The third-order valence-corrected chi connectivity index (χ3v) is 6.16. The summed E-state index contributed by atoms with van der Waals surface area (Å²) < 4.78 is 10.7. The Labute approximate surface area is 192 Å². The second kappa shape index (κ2) is 12.0. The van der Waals surface area contributed by atoms with Crippen molar-refractivity contribution in [3.8, 4) is 0 Å². The highest BCUT2D eigenvalue weighted by atomic mass is 35.5. The lowest BCUT2D eigenvalue weighted by atomic mass is 9.93. The van der Waals surface area contributed by atoms with Crippen LogP contribution in [0, 0.1) is 5.92 Å². The molecule has 1 aromatic carbocycles. The SMILES string of the molecule is CC(CCc1cc(=O)[nH]o1)NCCC1CCN(C(O)OCc2cc(Cl)cc(Cl)c2)CC1. The van der Waals surface area contributed by atoms with Crippen molar-refractivity contribution in [2.45, 2.75) is 58.1 Å². The number of hydrogen-bond acceptors (Lipinski definition) is 6. The molecule has 2 atom stereocenters. The van der Waals surface area contributed by atoms with Gasteiger partial charge in [-0.1, -0.05) is 23.2 Å². The lowest BCUT2D eigenvalue weighted by Crippen LogP contribution is -2.43. The molecule has 1 saturated heterocycles. The first-order valence-electron chi connectivity index (χ1n) is 10.8. The molecule has 3 N–H and O–H groups in total. The first-order chi connectivity index (χ1) is 14.9. The lowest BCUT2D eigenvalue weighted by molar-refractivity contribution is -0.206. The van der Waals surface area contributed by atoms with Crippen LogP contribution < -0.4 is 10.9 Å². The van der Waals surface area contributed by atoms with Crippen LogP contribution in [0.2, 0.25) is 10.0 Å². The number of H-pyrrole nitrogens is 1. The number of ether oxygens (including phenoxy) is 1. The molecule has 172 valence electrons. The van der Waals surface area contributed by atoms with Crippen molar-refractivity contribution in [1.82, 2.24) is 15.4 Å². The van der Waals surface area contributed by atoms with Gasteiger partial charge in [-0.3, -0.25) is 9.69 Å². The number of benzene rings is 1. The Balaban J connectivity index is 1.28. The van der Waals surface area contributed by atoms with E-state index < -0.39 is 6.41 Å². The number of aromatic amines is 1. The number of piperidine rings is 1. The minimum absolute atomic E-state index is 0.189. The van der Waals surface area contributed by atoms with Gasteiger partial charge in [0.2, 0.25) is 6.41 Å². The van der Waals surface area contributed by atoms with Gasteiger partial charge >= 0.3 is 0 Å². The smallest absolute Gasteiger partial charge is 0.280 e. The number of nitrogens with one attached hydrogen (secondary N) is 2. The van der Waals surface area contributed by atoms with Crippen LogP contribution in [-0.2, 0) is 17.8 Å². The average Bonchev–Trinajstić information content (AvgIpc) is 3.15. The summed E-state index contributed by atoms with van der Waals surface area (Å²) in [5.41, 5.74) is 0.650. The van der Waals surface area contributed by atoms with Crippen LogP contribution in [-0.4, -0.2) is 47.3 Å². The number of aliphatic hydroxyl groups excluding tert-OH is 1. The van der Waals surface area contributed by atoms with Gasteiger partial charge in [0.1, 0.15) is 5.76 Å². The quantitative estimate of drug-likeness (QED) is 0.432. The number of aryl methyl sites for hydroxylation is 1. The maximum Gasteiger partial charge on any atom is 0.280 e. The molecule has 31 heavy (non-hydrogen) atoms. The van der Waals surface area contributed by atoms with Crippen LogP contribution in [0.15, 0.2) is 33.6 Å². The number of nitrogens with zero attached hydrogens (tertiary/aromatic N) is 1. The fourth-order valence-corrected chi connectivity index (χ4v) is 4.44. The Hall–Kier alpha value is -1.35. The van der Waals surface area contributed by atoms with Gasteiger partial charge < -0.3 is 19.7 Å². The largest absolute Gasteiger partial charge is 0.384 e. The Morgan fingerprint density at radius 1 is 1.26 bits per heavy atom. The number of halogens is 2. The van der Waals surface area contributed by atoms with Crippen molar-refractivity contribution in [1.29, 1.82) is 0 Å². The van der Waals surface area contributed by atoms with Crippen molar-refractivity contribution < 1.29 is 14.4 Å². The molecule has 1 aromatic heterocycles. The predicted molar refractivity (Wildman–Crippen MR) is 121 cm³/mol. The van der Waals surface area contributed by atoms with Crippen molar-refractivity contribution in [3.63, 3.8) is 0 Å². The molecule has 0 spiro atoms. The number of aromatic nitrogens is 1. The van der Waals surface area contributed by atoms with E-state index in [9.17, 15) is 9.90 Å². The van der Waals surface area contributed by atoms with E-state index >= 15 is 0 Å². The van der Waals surface area contributed by atoms with E-state index in [4.69, 9.17) is 32.5 Å². The summed E-state index contributed by atoms with van der Waals surface area (Å²) in [6, 6.07) is 7.10. The van der Waals surface area contributed by atoms with Crippen molar-refractivity contribution >= 4 is 23.2 Å². The molecular formula is C22H31Cl2N3O4. The number of aliphatic hydroxyl groups is 1. The molecule has 0 amide bonds. The lowest BCUT2D eigenvalue weighted by Gasteiger charge is -2.34. The first kappa shape index (κ1) is 24.3. The van der Waals surface area contributed by atoms with Gasteiger partial charge in [-0.2, -0.15) is 5.16 Å². The maximum atomic E-state index is 11.1. The topological polar surface area (TPSA) is 90.7 Å². The second-order valence-electron chi connectivity index (χ2n) is 8.26. The van der Waals surface area contributed by atoms with Gasteiger partial charge in [0, 0.05) is 41.7 Å². The van der Waals surface area contributed by atoms with Crippen LogP contribution in [0.25, 0.3) is 0 Å². The van der Waals surface area contributed by atoms with E-state index in [-0.39, 0.29) is 12.2 Å². The number of hydrogen-bond donors (Lipinski definition) is 3. The standard InChI is InChI=1S/C22H31Cl2N3O4/c1-15(2-3-20-13-21(28)26-31-20)25-7-4-16-5-8-27(9-6-16)22(29)30-14-17-10-18(23)12-19(24)11-17/h10-13,15-16,22,25,29H,2-9,14H2,1H3,(H,26,28). The van der Waals surface area contributed by atoms with Gasteiger partial charge in [0.05, 0.1) is 6.61 Å². The fourth-order valence-electron chi connectivity index (χ4n) is 3.87. The molecule has 1 aliphatic heterocycles. The highest BCUT2D eigenvalue weighted by molar-refractivity contribution is 6.34. The van der Waals surface area contributed by atoms with Gasteiger partial charge in [-0.25, -0.2) is 0 Å². The van der Waals surface area contributed by atoms with Crippen LogP contribution in [0.4, 0.5) is 0 Å². The van der Waals surface area contributed by atoms with E-state index in [1.54, 1.807) is 18.2 Å². The Morgan fingerprint density at radius 3 is 2.61 bits per heavy atom. The third kappa shape index (κ3) is 8.25. The van der Waals surface area contributed by atoms with Crippen LogP contribution in [0.3, 0.4) is 0 Å². The van der Waals surface area contributed by atoms with E-state index in [0.717, 1.165) is 57.3 Å². The van der Waals surface area contributed by atoms with Crippen molar-refractivity contribution in [3.05, 3.63) is 56.0 Å². The van der Waals surface area contributed by atoms with Gasteiger partial charge in [0.25, 0.3) is 5.56 Å². The van der Waals surface area contributed by atoms with E-state index in [1.165, 1.54) is 6.07 Å². The Morgan fingerprint density at radius 2 is 1.97 bits per heavy atom. The predicted octanol–water partition coefficient (Wildman–Crippen LogP) is 3.78. The number of rotatable bonds is 11. The third-order valence-electron chi connectivity index (χ3n) is 5.73. The Bertz CT molecular complexity index is 844. The monoisotopic (exact) mass is 471 g/mol. The number of likely N-dealkylation sites (tertiary alicyclic amines) is 1. The molecule has 1 fully saturated rings. The molecule has 0 bridgehead atoms.